The molecule has 1 aliphatic heterocycles. The lowest BCUT2D eigenvalue weighted by atomic mass is 9.93. The largest absolute Gasteiger partial charge is 0.462 e. The molecule has 2 aromatic heterocycles. The van der Waals surface area contributed by atoms with Crippen LogP contribution in [0.5, 0.6) is 0 Å². The van der Waals surface area contributed by atoms with Gasteiger partial charge in [0, 0.05) is 45.5 Å². The van der Waals surface area contributed by atoms with E-state index in [-0.39, 0.29) is 5.97 Å². The highest BCUT2D eigenvalue weighted by Crippen LogP contribution is 2.47. The molecule has 3 heterocycles. The minimum Gasteiger partial charge on any atom is -0.462 e. The van der Waals surface area contributed by atoms with Crippen molar-refractivity contribution in [3.05, 3.63) is 17.5 Å². The molecule has 2 aromatic rings. The van der Waals surface area contributed by atoms with E-state index in [1.807, 2.05) is 20.9 Å². The van der Waals surface area contributed by atoms with Crippen LogP contribution in [0.15, 0.2) is 6.20 Å². The molecule has 7 heteroatoms. The number of aryl methyl sites for hydroxylation is 2. The second kappa shape index (κ2) is 7.27. The molecular formula is C22H31N5O2. The summed E-state index contributed by atoms with van der Waals surface area (Å²) in [5.41, 5.74) is 3.24. The van der Waals surface area contributed by atoms with Crippen LogP contribution in [0.25, 0.3) is 11.0 Å². The maximum Gasteiger partial charge on any atom is 0.341 e. The van der Waals surface area contributed by atoms with Crippen LogP contribution in [0.2, 0.25) is 0 Å². The van der Waals surface area contributed by atoms with Gasteiger partial charge in [-0.3, -0.25) is 9.58 Å². The summed E-state index contributed by atoms with van der Waals surface area (Å²) in [7, 11) is 1.91. The van der Waals surface area contributed by atoms with E-state index in [0.717, 1.165) is 66.5 Å². The second-order valence-corrected chi connectivity index (χ2v) is 8.91. The monoisotopic (exact) mass is 397 g/mol. The molecule has 0 radical (unpaired) electrons. The number of rotatable bonds is 4. The fourth-order valence-electron chi connectivity index (χ4n) is 6.02. The van der Waals surface area contributed by atoms with Crippen molar-refractivity contribution in [1.82, 2.24) is 19.7 Å². The number of hydrogen-bond acceptors (Lipinski definition) is 6. The SMILES string of the molecule is CCOC(=O)c1cnc2c(c(C)nn2C)c1N1CCN(C2CC3CCC2C3)CC1. The first kappa shape index (κ1) is 18.9. The molecule has 3 aliphatic rings. The van der Waals surface area contributed by atoms with Crippen molar-refractivity contribution in [1.29, 1.82) is 0 Å². The number of hydrogen-bond donors (Lipinski definition) is 0. The Hall–Kier alpha value is -2.15. The first-order chi connectivity index (χ1) is 14.1. The van der Waals surface area contributed by atoms with Gasteiger partial charge in [-0.1, -0.05) is 6.42 Å². The van der Waals surface area contributed by atoms with Gasteiger partial charge < -0.3 is 9.64 Å². The van der Waals surface area contributed by atoms with Crippen LogP contribution < -0.4 is 4.90 Å². The van der Waals surface area contributed by atoms with Crippen LogP contribution in [0, 0.1) is 18.8 Å². The third kappa shape index (κ3) is 3.10. The van der Waals surface area contributed by atoms with E-state index in [9.17, 15) is 4.79 Å². The molecular weight excluding hydrogens is 366 g/mol. The Morgan fingerprint density at radius 2 is 2.00 bits per heavy atom. The maximum atomic E-state index is 12.7. The Bertz CT molecular complexity index is 931. The summed E-state index contributed by atoms with van der Waals surface area (Å²) in [5, 5.41) is 5.54. The first-order valence-electron chi connectivity index (χ1n) is 11.0. The molecule has 0 N–H and O–H groups in total. The highest BCUT2D eigenvalue weighted by atomic mass is 16.5. The van der Waals surface area contributed by atoms with Crippen molar-refractivity contribution in [2.45, 2.75) is 45.6 Å². The van der Waals surface area contributed by atoms with E-state index in [1.165, 1.54) is 25.7 Å². The number of piperazine rings is 1. The predicted molar refractivity (Wildman–Crippen MR) is 112 cm³/mol. The van der Waals surface area contributed by atoms with Crippen LogP contribution in [-0.2, 0) is 11.8 Å². The zero-order valence-electron chi connectivity index (χ0n) is 17.7. The fraction of sp³-hybridized carbons (Fsp3) is 0.682. The molecule has 2 bridgehead atoms. The average molecular weight is 398 g/mol. The summed E-state index contributed by atoms with van der Waals surface area (Å²) in [6.45, 7) is 8.15. The molecule has 5 rings (SSSR count). The number of nitrogens with zero attached hydrogens (tertiary/aromatic N) is 5. The second-order valence-electron chi connectivity index (χ2n) is 8.91. The van der Waals surface area contributed by atoms with Crippen molar-refractivity contribution in [3.63, 3.8) is 0 Å². The lowest BCUT2D eigenvalue weighted by molar-refractivity contribution is 0.0526. The lowest BCUT2D eigenvalue weighted by Crippen LogP contribution is -2.52. The predicted octanol–water partition coefficient (Wildman–Crippen LogP) is 2.76. The molecule has 3 unspecified atom stereocenters. The molecule has 0 amide bonds. The summed E-state index contributed by atoms with van der Waals surface area (Å²) >= 11 is 0. The normalized spacial score (nSPS) is 27.1. The van der Waals surface area contributed by atoms with E-state index in [2.05, 4.69) is 19.9 Å². The minimum atomic E-state index is -0.296. The van der Waals surface area contributed by atoms with Gasteiger partial charge >= 0.3 is 5.97 Å². The Morgan fingerprint density at radius 1 is 1.21 bits per heavy atom. The number of fused-ring (bicyclic) bond motifs is 3. The van der Waals surface area contributed by atoms with Crippen LogP contribution in [-0.4, -0.2) is 64.5 Å². The standard InChI is InChI=1S/C22H31N5O2/c1-4-29-22(28)17-13-23-21-19(14(2)24-25(21)3)20(17)27-9-7-26(8-10-27)18-12-15-5-6-16(18)11-15/h13,15-16,18H,4-12H2,1-3H3. The molecule has 3 atom stereocenters. The van der Waals surface area contributed by atoms with Gasteiger partial charge in [-0.2, -0.15) is 5.10 Å². The number of carbonyl (C=O) groups excluding carboxylic acids is 1. The van der Waals surface area contributed by atoms with Gasteiger partial charge in [0.25, 0.3) is 0 Å². The van der Waals surface area contributed by atoms with Crippen LogP contribution in [0.4, 0.5) is 5.69 Å². The highest BCUT2D eigenvalue weighted by molar-refractivity contribution is 6.05. The summed E-state index contributed by atoms with van der Waals surface area (Å²) in [6.07, 6.45) is 7.36. The number of aromatic nitrogens is 3. The number of ether oxygens (including phenoxy) is 1. The summed E-state index contributed by atoms with van der Waals surface area (Å²) in [5.74, 6) is 1.59. The third-order valence-electron chi connectivity index (χ3n) is 7.30. The van der Waals surface area contributed by atoms with Gasteiger partial charge in [0.15, 0.2) is 5.65 Å². The van der Waals surface area contributed by atoms with E-state index < -0.39 is 0 Å². The zero-order valence-corrected chi connectivity index (χ0v) is 17.7. The average Bonchev–Trinajstić information content (AvgIpc) is 3.43. The summed E-state index contributed by atoms with van der Waals surface area (Å²) < 4.78 is 7.15. The number of pyridine rings is 1. The van der Waals surface area contributed by atoms with Crippen molar-refractivity contribution in [2.24, 2.45) is 18.9 Å². The molecule has 29 heavy (non-hydrogen) atoms. The van der Waals surface area contributed by atoms with Gasteiger partial charge in [0.05, 0.1) is 23.4 Å². The molecule has 1 saturated heterocycles. The van der Waals surface area contributed by atoms with Gasteiger partial charge in [-0.25, -0.2) is 9.78 Å². The zero-order chi connectivity index (χ0) is 20.1. The Morgan fingerprint density at radius 3 is 2.66 bits per heavy atom. The molecule has 0 aromatic carbocycles. The lowest BCUT2D eigenvalue weighted by Gasteiger charge is -2.42. The molecule has 3 fully saturated rings. The third-order valence-corrected chi connectivity index (χ3v) is 7.30. The molecule has 0 spiro atoms. The summed E-state index contributed by atoms with van der Waals surface area (Å²) in [6, 6.07) is 0.776. The molecule has 156 valence electrons. The number of carbonyl (C=O) groups is 1. The van der Waals surface area contributed by atoms with Crippen molar-refractivity contribution < 1.29 is 9.53 Å². The summed E-state index contributed by atoms with van der Waals surface area (Å²) in [4.78, 5) is 22.3. The molecule has 2 aliphatic carbocycles. The van der Waals surface area contributed by atoms with Gasteiger partial charge in [0.1, 0.15) is 5.56 Å². The quantitative estimate of drug-likeness (QED) is 0.740. The van der Waals surface area contributed by atoms with Gasteiger partial charge in [-0.15, -0.1) is 0 Å². The van der Waals surface area contributed by atoms with E-state index in [1.54, 1.807) is 10.9 Å². The van der Waals surface area contributed by atoms with E-state index >= 15 is 0 Å². The number of anilines is 1. The van der Waals surface area contributed by atoms with E-state index in [0.29, 0.717) is 12.2 Å². The van der Waals surface area contributed by atoms with Crippen LogP contribution in [0.3, 0.4) is 0 Å². The topological polar surface area (TPSA) is 63.5 Å². The Kier molecular flexibility index (Phi) is 4.73. The van der Waals surface area contributed by atoms with Crippen molar-refractivity contribution in [3.8, 4) is 0 Å². The molecule has 2 saturated carbocycles. The minimum absolute atomic E-state index is 0.296. The smallest absolute Gasteiger partial charge is 0.341 e. The Balaban J connectivity index is 1.44. The van der Waals surface area contributed by atoms with Gasteiger partial charge in [-0.05, 0) is 44.9 Å². The van der Waals surface area contributed by atoms with Gasteiger partial charge in [0.2, 0.25) is 0 Å². The molecule has 7 nitrogen and oxygen atoms in total. The van der Waals surface area contributed by atoms with Crippen LogP contribution in [0.1, 0.15) is 48.7 Å². The van der Waals surface area contributed by atoms with Crippen molar-refractivity contribution in [2.75, 3.05) is 37.7 Å². The van der Waals surface area contributed by atoms with Crippen LogP contribution >= 0.6 is 0 Å². The maximum absolute atomic E-state index is 12.7. The van der Waals surface area contributed by atoms with Crippen molar-refractivity contribution >= 4 is 22.7 Å². The fourth-order valence-corrected chi connectivity index (χ4v) is 6.02. The number of esters is 1. The Labute approximate surface area is 172 Å². The highest BCUT2D eigenvalue weighted by Gasteiger charge is 2.43. The van der Waals surface area contributed by atoms with E-state index in [4.69, 9.17) is 4.74 Å². The first-order valence-corrected chi connectivity index (χ1v) is 11.0.